The van der Waals surface area contributed by atoms with Gasteiger partial charge in [0.25, 0.3) is 0 Å². The van der Waals surface area contributed by atoms with Crippen LogP contribution < -0.4 is 36.5 Å². The van der Waals surface area contributed by atoms with Crippen molar-refractivity contribution in [3.8, 4) is 17.2 Å². The minimum absolute atomic E-state index is 0.0185. The molecule has 0 unspecified atom stereocenters. The second-order valence-corrected chi connectivity index (χ2v) is 10.5. The molecule has 0 bridgehead atoms. The van der Waals surface area contributed by atoms with E-state index in [2.05, 4.69) is 26.3 Å². The summed E-state index contributed by atoms with van der Waals surface area (Å²) in [4.78, 5) is 28.5. The van der Waals surface area contributed by atoms with Gasteiger partial charge in [-0.2, -0.15) is 13.2 Å². The zero-order chi connectivity index (χ0) is 28.4. The second-order valence-electron chi connectivity index (χ2n) is 10.5. The van der Waals surface area contributed by atoms with E-state index in [0.717, 1.165) is 17.7 Å². The highest BCUT2D eigenvalue weighted by Gasteiger charge is 2.59. The van der Waals surface area contributed by atoms with E-state index >= 15 is 0 Å². The molecule has 10 nitrogen and oxygen atoms in total. The molecule has 4 amide bonds. The van der Waals surface area contributed by atoms with Crippen molar-refractivity contribution in [3.63, 3.8) is 0 Å². The summed E-state index contributed by atoms with van der Waals surface area (Å²) in [5.74, 6) is 2.00. The summed E-state index contributed by atoms with van der Waals surface area (Å²) in [5.41, 5.74) is 5.84. The molecule has 208 valence electrons. The van der Waals surface area contributed by atoms with E-state index in [1.807, 2.05) is 6.07 Å². The smallest absolute Gasteiger partial charge is 0.416 e. The molecular formula is C27H25F3N6O4. The van der Waals surface area contributed by atoms with Crippen LogP contribution in [0.4, 0.5) is 34.3 Å². The number of anilines is 2. The number of carbonyl (C=O) groups is 2. The van der Waals surface area contributed by atoms with Crippen molar-refractivity contribution in [2.45, 2.75) is 50.2 Å². The Morgan fingerprint density at radius 3 is 2.67 bits per heavy atom. The normalized spacial score (nSPS) is 20.6. The van der Waals surface area contributed by atoms with E-state index in [9.17, 15) is 22.8 Å². The zero-order valence-electron chi connectivity index (χ0n) is 21.3. The van der Waals surface area contributed by atoms with Crippen LogP contribution in [-0.2, 0) is 18.3 Å². The van der Waals surface area contributed by atoms with Gasteiger partial charge >= 0.3 is 18.2 Å². The Morgan fingerprint density at radius 2 is 1.93 bits per heavy atom. The lowest BCUT2D eigenvalue weighted by atomic mass is 9.93. The molecular weight excluding hydrogens is 529 g/mol. The monoisotopic (exact) mass is 554 g/mol. The fourth-order valence-electron chi connectivity index (χ4n) is 4.93. The van der Waals surface area contributed by atoms with Crippen LogP contribution >= 0.6 is 0 Å². The number of aromatic nitrogens is 1. The van der Waals surface area contributed by atoms with Crippen LogP contribution in [0.5, 0.6) is 17.2 Å². The molecule has 1 aliphatic carbocycles. The first kappa shape index (κ1) is 25.7. The van der Waals surface area contributed by atoms with Crippen LogP contribution in [0.3, 0.4) is 0 Å². The van der Waals surface area contributed by atoms with Crippen molar-refractivity contribution < 1.29 is 32.2 Å². The molecule has 3 atom stereocenters. The van der Waals surface area contributed by atoms with Gasteiger partial charge in [0.05, 0.1) is 29.6 Å². The first-order chi connectivity index (χ1) is 18.9. The number of nitrogens with zero attached hydrogens (tertiary/aromatic N) is 1. The molecule has 13 heteroatoms. The second kappa shape index (κ2) is 9.01. The van der Waals surface area contributed by atoms with E-state index < -0.39 is 23.3 Å². The highest BCUT2D eigenvalue weighted by atomic mass is 19.4. The van der Waals surface area contributed by atoms with Gasteiger partial charge in [-0.1, -0.05) is 0 Å². The maximum Gasteiger partial charge on any atom is 0.416 e. The first-order valence-electron chi connectivity index (χ1n) is 12.5. The maximum absolute atomic E-state index is 13.4. The highest BCUT2D eigenvalue weighted by molar-refractivity contribution is 5.91. The molecule has 1 saturated carbocycles. The number of benzene rings is 2. The SMILES string of the molecule is CC(C)(N)c1cc(NC(=O)N[C@@H]2[C@H]3Oc4ccc(Oc5ccnc6c5CNC(=O)N6)cc4[C@@H]23)cc(C(F)(F)F)c1. The third-order valence-corrected chi connectivity index (χ3v) is 7.02. The van der Waals surface area contributed by atoms with Crippen molar-refractivity contribution >= 4 is 23.6 Å². The van der Waals surface area contributed by atoms with Gasteiger partial charge in [-0.15, -0.1) is 0 Å². The first-order valence-corrected chi connectivity index (χ1v) is 12.5. The number of amides is 4. The largest absolute Gasteiger partial charge is 0.487 e. The van der Waals surface area contributed by atoms with Crippen LogP contribution in [0.25, 0.3) is 0 Å². The van der Waals surface area contributed by atoms with Crippen molar-refractivity contribution in [1.29, 1.82) is 0 Å². The third kappa shape index (κ3) is 4.83. The third-order valence-electron chi connectivity index (χ3n) is 7.02. The topological polar surface area (TPSA) is 140 Å². The van der Waals surface area contributed by atoms with Gasteiger partial charge in [0, 0.05) is 23.0 Å². The Labute approximate surface area is 226 Å². The molecule has 2 aliphatic heterocycles. The molecule has 3 aromatic rings. The van der Waals surface area contributed by atoms with Crippen LogP contribution in [0.2, 0.25) is 0 Å². The molecule has 1 aromatic heterocycles. The lowest BCUT2D eigenvalue weighted by molar-refractivity contribution is -0.137. The summed E-state index contributed by atoms with van der Waals surface area (Å²) in [6.07, 6.45) is -3.36. The lowest BCUT2D eigenvalue weighted by Crippen LogP contribution is -2.34. The van der Waals surface area contributed by atoms with Gasteiger partial charge in [-0.25, -0.2) is 14.6 Å². The predicted octanol–water partition coefficient (Wildman–Crippen LogP) is 4.77. The number of fused-ring (bicyclic) bond motifs is 4. The number of ether oxygens (including phenoxy) is 2. The number of halogens is 3. The molecule has 1 fully saturated rings. The van der Waals surface area contributed by atoms with E-state index in [4.69, 9.17) is 15.2 Å². The molecule has 6 N–H and O–H groups in total. The van der Waals surface area contributed by atoms with Crippen molar-refractivity contribution in [2.75, 3.05) is 10.6 Å². The lowest BCUT2D eigenvalue weighted by Gasteiger charge is -2.22. The van der Waals surface area contributed by atoms with Gasteiger partial charge in [-0.3, -0.25) is 5.32 Å². The van der Waals surface area contributed by atoms with Gasteiger partial charge in [-0.05, 0) is 61.9 Å². The van der Waals surface area contributed by atoms with Gasteiger partial charge < -0.3 is 31.2 Å². The van der Waals surface area contributed by atoms with Gasteiger partial charge in [0.2, 0.25) is 0 Å². The Kier molecular flexibility index (Phi) is 5.80. The Balaban J connectivity index is 1.15. The van der Waals surface area contributed by atoms with Crippen LogP contribution in [0.15, 0.2) is 48.7 Å². The average molecular weight is 555 g/mol. The summed E-state index contributed by atoms with van der Waals surface area (Å²) in [5, 5.41) is 10.6. The molecule has 40 heavy (non-hydrogen) atoms. The van der Waals surface area contributed by atoms with E-state index in [-0.39, 0.29) is 41.9 Å². The minimum atomic E-state index is -4.60. The molecule has 3 heterocycles. The van der Waals surface area contributed by atoms with Crippen LogP contribution in [0, 0.1) is 0 Å². The molecule has 0 spiro atoms. The Bertz CT molecular complexity index is 1510. The molecule has 6 rings (SSSR count). The summed E-state index contributed by atoms with van der Waals surface area (Å²) < 4.78 is 52.4. The highest BCUT2D eigenvalue weighted by Crippen LogP contribution is 2.54. The van der Waals surface area contributed by atoms with Gasteiger partial charge in [0.1, 0.15) is 29.2 Å². The van der Waals surface area contributed by atoms with Crippen LogP contribution in [0.1, 0.15) is 42.0 Å². The molecule has 2 aromatic carbocycles. The zero-order valence-corrected chi connectivity index (χ0v) is 21.3. The Hall–Kier alpha value is -4.52. The molecule has 0 radical (unpaired) electrons. The predicted molar refractivity (Wildman–Crippen MR) is 138 cm³/mol. The van der Waals surface area contributed by atoms with Crippen molar-refractivity contribution in [3.05, 3.63) is 70.9 Å². The quantitative estimate of drug-likeness (QED) is 0.308. The van der Waals surface area contributed by atoms with Crippen molar-refractivity contribution in [2.24, 2.45) is 5.73 Å². The molecule has 3 aliphatic rings. The standard InChI is InChI=1S/C27H25F3N6O4/c1-26(2,31)12-7-13(27(28,29)30)9-14(8-12)34-25(38)35-21-20-16-10-15(3-4-18(16)40-22(20)21)39-19-5-6-32-23-17(19)11-33-24(37)36-23/h3-10,20-22H,11,31H2,1-2H3,(H2,34,35,38)(H2,32,33,36,37)/t20-,21-,22-/m0/s1. The van der Waals surface area contributed by atoms with E-state index in [1.54, 1.807) is 32.0 Å². The van der Waals surface area contributed by atoms with Gasteiger partial charge in [0.15, 0.2) is 0 Å². The fraction of sp³-hybridized carbons (Fsp3) is 0.296. The number of carbonyl (C=O) groups excluding carboxylic acids is 2. The number of hydrogen-bond acceptors (Lipinski definition) is 6. The number of alkyl halides is 3. The average Bonchev–Trinajstić information content (AvgIpc) is 3.38. The van der Waals surface area contributed by atoms with Crippen molar-refractivity contribution in [1.82, 2.24) is 15.6 Å². The van der Waals surface area contributed by atoms with E-state index in [1.165, 1.54) is 12.3 Å². The number of nitrogens with one attached hydrogen (secondary N) is 4. The minimum Gasteiger partial charge on any atom is -0.487 e. The Morgan fingerprint density at radius 1 is 1.15 bits per heavy atom. The number of pyridine rings is 1. The summed E-state index contributed by atoms with van der Waals surface area (Å²) in [6, 6.07) is 8.96. The van der Waals surface area contributed by atoms with E-state index in [0.29, 0.717) is 28.6 Å². The maximum atomic E-state index is 13.4. The summed E-state index contributed by atoms with van der Waals surface area (Å²) >= 11 is 0. The van der Waals surface area contributed by atoms with Crippen LogP contribution in [-0.4, -0.2) is 29.2 Å². The summed E-state index contributed by atoms with van der Waals surface area (Å²) in [6.45, 7) is 3.44. The number of urea groups is 2. The number of rotatable bonds is 5. The fourth-order valence-corrected chi connectivity index (χ4v) is 4.93. The number of hydrogen-bond donors (Lipinski definition) is 5. The number of nitrogens with two attached hydrogens (primary N) is 1. The summed E-state index contributed by atoms with van der Waals surface area (Å²) in [7, 11) is 0. The molecule has 0 saturated heterocycles.